The first-order valence-electron chi connectivity index (χ1n) is 4.67. The Kier molecular flexibility index (Phi) is 2.25. The largest absolute Gasteiger partial charge is 0.480 e. The van der Waals surface area contributed by atoms with Crippen LogP contribution in [0.2, 0.25) is 0 Å². The smallest absolute Gasteiger partial charge is 0.320 e. The zero-order chi connectivity index (χ0) is 10.1. The number of aromatic nitrogens is 2. The second-order valence-electron chi connectivity index (χ2n) is 3.67. The lowest BCUT2D eigenvalue weighted by Gasteiger charge is -2.08. The van der Waals surface area contributed by atoms with E-state index in [1.54, 1.807) is 12.5 Å². The van der Waals surface area contributed by atoms with Gasteiger partial charge in [0.1, 0.15) is 6.04 Å². The molecule has 0 saturated heterocycles. The molecule has 5 heteroatoms. The van der Waals surface area contributed by atoms with E-state index in [2.05, 4.69) is 4.98 Å². The fourth-order valence-electron chi connectivity index (χ4n) is 1.48. The molecule has 0 unspecified atom stereocenters. The lowest BCUT2D eigenvalue weighted by molar-refractivity contribution is -0.138. The molecule has 0 radical (unpaired) electrons. The lowest BCUT2D eigenvalue weighted by Crippen LogP contribution is -2.32. The molecule has 1 saturated carbocycles. The second kappa shape index (κ2) is 3.42. The van der Waals surface area contributed by atoms with Gasteiger partial charge in [-0.1, -0.05) is 0 Å². The lowest BCUT2D eigenvalue weighted by atomic mass is 10.2. The highest BCUT2D eigenvalue weighted by atomic mass is 16.4. The van der Waals surface area contributed by atoms with Crippen molar-refractivity contribution in [3.8, 4) is 0 Å². The molecule has 5 nitrogen and oxygen atoms in total. The van der Waals surface area contributed by atoms with Crippen LogP contribution in [0.1, 0.15) is 24.6 Å². The van der Waals surface area contributed by atoms with Gasteiger partial charge in [-0.05, 0) is 12.8 Å². The molecule has 1 aromatic heterocycles. The van der Waals surface area contributed by atoms with Crippen LogP contribution in [-0.4, -0.2) is 26.7 Å². The molecular weight excluding hydrogens is 182 g/mol. The normalized spacial score (nSPS) is 18.1. The van der Waals surface area contributed by atoms with Crippen molar-refractivity contribution < 1.29 is 9.90 Å². The number of hydrogen-bond donors (Lipinski definition) is 2. The van der Waals surface area contributed by atoms with Gasteiger partial charge in [-0.25, -0.2) is 4.98 Å². The van der Waals surface area contributed by atoms with E-state index in [-0.39, 0.29) is 0 Å². The number of carboxylic acid groups (broad SMARTS) is 1. The summed E-state index contributed by atoms with van der Waals surface area (Å²) < 4.78 is 2.03. The zero-order valence-corrected chi connectivity index (χ0v) is 7.76. The first kappa shape index (κ1) is 9.21. The fraction of sp³-hybridized carbons (Fsp3) is 0.556. The van der Waals surface area contributed by atoms with Gasteiger partial charge < -0.3 is 15.4 Å². The maximum atomic E-state index is 10.6. The standard InChI is InChI=1S/C9H13N3O2/c10-8(9(13)14)3-7-4-11-5-12(7)6-1-2-6/h4-6,8H,1-3,10H2,(H,13,14)/t8-/m0/s1. The average molecular weight is 195 g/mol. The van der Waals surface area contributed by atoms with Crippen molar-refractivity contribution in [1.82, 2.24) is 9.55 Å². The Morgan fingerprint density at radius 3 is 3.07 bits per heavy atom. The maximum absolute atomic E-state index is 10.6. The Bertz CT molecular complexity index is 344. The van der Waals surface area contributed by atoms with E-state index >= 15 is 0 Å². The monoisotopic (exact) mass is 195 g/mol. The van der Waals surface area contributed by atoms with Gasteiger partial charge >= 0.3 is 5.97 Å². The van der Waals surface area contributed by atoms with Gasteiger partial charge in [0.25, 0.3) is 0 Å². The van der Waals surface area contributed by atoms with Gasteiger partial charge in [0, 0.05) is 24.4 Å². The van der Waals surface area contributed by atoms with Crippen molar-refractivity contribution in [2.45, 2.75) is 31.3 Å². The minimum absolute atomic E-state index is 0.353. The summed E-state index contributed by atoms with van der Waals surface area (Å²) in [6.07, 6.45) is 6.12. The van der Waals surface area contributed by atoms with Crippen LogP contribution in [0.4, 0.5) is 0 Å². The average Bonchev–Trinajstić information content (AvgIpc) is 2.88. The van der Waals surface area contributed by atoms with Gasteiger partial charge in [0.05, 0.1) is 6.33 Å². The number of hydrogen-bond acceptors (Lipinski definition) is 3. The summed E-state index contributed by atoms with van der Waals surface area (Å²) in [4.78, 5) is 14.6. The summed E-state index contributed by atoms with van der Waals surface area (Å²) in [5, 5.41) is 8.67. The summed E-state index contributed by atoms with van der Waals surface area (Å²) in [6.45, 7) is 0. The van der Waals surface area contributed by atoms with Gasteiger partial charge in [-0.15, -0.1) is 0 Å². The first-order chi connectivity index (χ1) is 6.68. The molecule has 0 aromatic carbocycles. The van der Waals surface area contributed by atoms with E-state index in [4.69, 9.17) is 10.8 Å². The second-order valence-corrected chi connectivity index (χ2v) is 3.67. The zero-order valence-electron chi connectivity index (χ0n) is 7.76. The molecule has 0 bridgehead atoms. The molecule has 1 fully saturated rings. The van der Waals surface area contributed by atoms with Crippen molar-refractivity contribution >= 4 is 5.97 Å². The predicted octanol–water partition coefficient (Wildman–Crippen LogP) is 0.172. The molecule has 1 atom stereocenters. The van der Waals surface area contributed by atoms with E-state index in [1.807, 2.05) is 4.57 Å². The molecular formula is C9H13N3O2. The Labute approximate surface area is 81.5 Å². The van der Waals surface area contributed by atoms with Gasteiger partial charge in [0.2, 0.25) is 0 Å². The maximum Gasteiger partial charge on any atom is 0.320 e. The minimum Gasteiger partial charge on any atom is -0.480 e. The van der Waals surface area contributed by atoms with Crippen LogP contribution in [0.3, 0.4) is 0 Å². The number of nitrogens with zero attached hydrogens (tertiary/aromatic N) is 2. The number of rotatable bonds is 4. The number of carboxylic acids is 1. The fourth-order valence-corrected chi connectivity index (χ4v) is 1.48. The topological polar surface area (TPSA) is 81.1 Å². The van der Waals surface area contributed by atoms with E-state index in [9.17, 15) is 4.79 Å². The SMILES string of the molecule is N[C@@H](Cc1cncn1C1CC1)C(=O)O. The third-order valence-corrected chi connectivity index (χ3v) is 2.43. The summed E-state index contributed by atoms with van der Waals surface area (Å²) in [5.74, 6) is -0.964. The Balaban J connectivity index is 2.08. The van der Waals surface area contributed by atoms with E-state index in [1.165, 1.54) is 0 Å². The van der Waals surface area contributed by atoms with E-state index < -0.39 is 12.0 Å². The quantitative estimate of drug-likeness (QED) is 0.717. The molecule has 0 aliphatic heterocycles. The van der Waals surface area contributed by atoms with Gasteiger partial charge in [-0.3, -0.25) is 4.79 Å². The highest BCUT2D eigenvalue weighted by Crippen LogP contribution is 2.35. The van der Waals surface area contributed by atoms with Crippen LogP contribution < -0.4 is 5.73 Å². The van der Waals surface area contributed by atoms with Crippen LogP contribution in [0.5, 0.6) is 0 Å². The van der Waals surface area contributed by atoms with E-state index in [0.29, 0.717) is 12.5 Å². The van der Waals surface area contributed by atoms with Crippen molar-refractivity contribution in [2.75, 3.05) is 0 Å². The van der Waals surface area contributed by atoms with E-state index in [0.717, 1.165) is 18.5 Å². The van der Waals surface area contributed by atoms with Gasteiger partial charge in [-0.2, -0.15) is 0 Å². The predicted molar refractivity (Wildman–Crippen MR) is 49.8 cm³/mol. The molecule has 2 rings (SSSR count). The Morgan fingerprint density at radius 1 is 1.79 bits per heavy atom. The highest BCUT2D eigenvalue weighted by molar-refractivity contribution is 5.73. The highest BCUT2D eigenvalue weighted by Gasteiger charge is 2.26. The van der Waals surface area contributed by atoms with Gasteiger partial charge in [0.15, 0.2) is 0 Å². The Morgan fingerprint density at radius 2 is 2.50 bits per heavy atom. The number of imidazole rings is 1. The van der Waals surface area contributed by atoms with Crippen molar-refractivity contribution in [1.29, 1.82) is 0 Å². The molecule has 1 aliphatic carbocycles. The summed E-state index contributed by atoms with van der Waals surface area (Å²) in [5.41, 5.74) is 6.38. The van der Waals surface area contributed by atoms with Crippen LogP contribution in [0, 0.1) is 0 Å². The first-order valence-corrected chi connectivity index (χ1v) is 4.67. The molecule has 1 heterocycles. The molecule has 76 valence electrons. The van der Waals surface area contributed by atoms with Crippen LogP contribution in [0.25, 0.3) is 0 Å². The third-order valence-electron chi connectivity index (χ3n) is 2.43. The van der Waals surface area contributed by atoms with Crippen molar-refractivity contribution in [3.63, 3.8) is 0 Å². The number of aliphatic carboxylic acids is 1. The number of carbonyl (C=O) groups is 1. The molecule has 14 heavy (non-hydrogen) atoms. The molecule has 1 aromatic rings. The minimum atomic E-state index is -0.964. The van der Waals surface area contributed by atoms with Crippen molar-refractivity contribution in [3.05, 3.63) is 18.2 Å². The van der Waals surface area contributed by atoms with Crippen LogP contribution in [-0.2, 0) is 11.2 Å². The van der Waals surface area contributed by atoms with Crippen LogP contribution in [0.15, 0.2) is 12.5 Å². The van der Waals surface area contributed by atoms with Crippen LogP contribution >= 0.6 is 0 Å². The molecule has 3 N–H and O–H groups in total. The molecule has 1 aliphatic rings. The third kappa shape index (κ3) is 1.77. The summed E-state index contributed by atoms with van der Waals surface area (Å²) in [7, 11) is 0. The Hall–Kier alpha value is -1.36. The summed E-state index contributed by atoms with van der Waals surface area (Å²) >= 11 is 0. The summed E-state index contributed by atoms with van der Waals surface area (Å²) in [6, 6.07) is -0.308. The number of nitrogens with two attached hydrogens (primary N) is 1. The molecule has 0 amide bonds. The van der Waals surface area contributed by atoms with Crippen molar-refractivity contribution in [2.24, 2.45) is 5.73 Å². The molecule has 0 spiro atoms.